The molecule has 9 nitrogen and oxygen atoms in total. The number of hydrogen-bond donors (Lipinski definition) is 3. The van der Waals surface area contributed by atoms with Crippen molar-refractivity contribution in [2.75, 3.05) is 6.61 Å². The van der Waals surface area contributed by atoms with E-state index in [1.807, 2.05) is 19.9 Å². The zero-order valence-corrected chi connectivity index (χ0v) is 22.1. The van der Waals surface area contributed by atoms with Crippen LogP contribution in [0.4, 0.5) is 0 Å². The summed E-state index contributed by atoms with van der Waals surface area (Å²) in [5.74, 6) is -1.75. The highest BCUT2D eigenvalue weighted by Crippen LogP contribution is 2.45. The molecular weight excluding hydrogens is 466 g/mol. The molecule has 3 aliphatic heterocycles. The van der Waals surface area contributed by atoms with Gasteiger partial charge in [0.1, 0.15) is 23.9 Å². The highest BCUT2D eigenvalue weighted by molar-refractivity contribution is 5.87. The standard InChI is InChI=1S/C27H41NO8/c1-16(8-11-23-25(31)27(15-33-27)14-26(6,32)36-23)7-10-22-17(2)13-21(19(4)35-22)28-24(30)12-9-18(3)34-20(5)29/h7-9,11-12,17-19,21-23,25,31-32H,10,13-15H2,1-6H3,(H,28,30)/b11-8+,12-9-,16-7+/t17?,18?,19?,21?,22?,23-,25?,26+,27+/m1/s1. The number of hydrogen-bond acceptors (Lipinski definition) is 8. The van der Waals surface area contributed by atoms with Crippen LogP contribution in [0.2, 0.25) is 0 Å². The van der Waals surface area contributed by atoms with Crippen LogP contribution in [-0.2, 0) is 28.5 Å². The van der Waals surface area contributed by atoms with Crippen LogP contribution in [-0.4, -0.2) is 76.6 Å². The summed E-state index contributed by atoms with van der Waals surface area (Å²) in [7, 11) is 0. The molecule has 0 aromatic rings. The normalized spacial score (nSPS) is 39.9. The van der Waals surface area contributed by atoms with E-state index >= 15 is 0 Å². The van der Waals surface area contributed by atoms with Crippen molar-refractivity contribution in [3.63, 3.8) is 0 Å². The van der Waals surface area contributed by atoms with Gasteiger partial charge in [0.05, 0.1) is 24.9 Å². The molecule has 3 heterocycles. The average Bonchev–Trinajstić information content (AvgIpc) is 3.54. The van der Waals surface area contributed by atoms with Gasteiger partial charge in [-0.2, -0.15) is 0 Å². The highest BCUT2D eigenvalue weighted by atomic mass is 16.7. The van der Waals surface area contributed by atoms with Gasteiger partial charge in [0, 0.05) is 19.4 Å². The third-order valence-corrected chi connectivity index (χ3v) is 7.02. The van der Waals surface area contributed by atoms with Gasteiger partial charge in [-0.15, -0.1) is 0 Å². The van der Waals surface area contributed by atoms with Crippen molar-refractivity contribution >= 4 is 11.9 Å². The maximum Gasteiger partial charge on any atom is 0.303 e. The van der Waals surface area contributed by atoms with Crippen molar-refractivity contribution in [3.05, 3.63) is 36.0 Å². The van der Waals surface area contributed by atoms with Gasteiger partial charge in [-0.25, -0.2) is 0 Å². The van der Waals surface area contributed by atoms with Gasteiger partial charge < -0.3 is 34.5 Å². The zero-order chi connectivity index (χ0) is 26.7. The number of aliphatic hydroxyl groups excluding tert-OH is 1. The van der Waals surface area contributed by atoms with Crippen LogP contribution in [0.25, 0.3) is 0 Å². The quantitative estimate of drug-likeness (QED) is 0.198. The van der Waals surface area contributed by atoms with Crippen LogP contribution >= 0.6 is 0 Å². The average molecular weight is 508 g/mol. The summed E-state index contributed by atoms with van der Waals surface area (Å²) in [6.07, 6.45) is 8.33. The number of carbonyl (C=O) groups is 2. The second-order valence-corrected chi connectivity index (χ2v) is 10.7. The first-order valence-electron chi connectivity index (χ1n) is 12.7. The second kappa shape index (κ2) is 11.6. The summed E-state index contributed by atoms with van der Waals surface area (Å²) in [6, 6.07) is -0.114. The highest BCUT2D eigenvalue weighted by Gasteiger charge is 2.61. The molecule has 3 aliphatic rings. The second-order valence-electron chi connectivity index (χ2n) is 10.7. The van der Waals surface area contributed by atoms with Gasteiger partial charge >= 0.3 is 5.97 Å². The number of rotatable bonds is 8. The Labute approximate surface area is 213 Å². The topological polar surface area (TPSA) is 127 Å². The SMILES string of the molecule is CC(=O)OC(C)/C=C\C(=O)NC1CC(C)C(C/C=C(C)/C=C/[C@H]2O[C@](C)(O)C[C@]3(CO3)C2O)OC1C. The van der Waals surface area contributed by atoms with Gasteiger partial charge in [-0.3, -0.25) is 9.59 Å². The lowest BCUT2D eigenvalue weighted by Gasteiger charge is -2.40. The predicted molar refractivity (Wildman–Crippen MR) is 133 cm³/mol. The molecule has 0 aromatic carbocycles. The van der Waals surface area contributed by atoms with Gasteiger partial charge in [0.15, 0.2) is 5.79 Å². The number of carbonyl (C=O) groups excluding carboxylic acids is 2. The molecule has 1 spiro atoms. The lowest BCUT2D eigenvalue weighted by Crippen LogP contribution is -2.54. The van der Waals surface area contributed by atoms with Crippen molar-refractivity contribution in [2.24, 2.45) is 5.92 Å². The fraction of sp³-hybridized carbons (Fsp3) is 0.704. The number of aliphatic hydroxyl groups is 2. The Kier molecular flexibility index (Phi) is 9.16. The minimum Gasteiger partial charge on any atom is -0.459 e. The molecule has 3 N–H and O–H groups in total. The Balaban J connectivity index is 1.49. The Morgan fingerprint density at radius 1 is 1.25 bits per heavy atom. The molecule has 9 atom stereocenters. The molecule has 3 fully saturated rings. The number of epoxide rings is 1. The molecule has 0 radical (unpaired) electrons. The molecule has 202 valence electrons. The number of amides is 1. The molecule has 9 heteroatoms. The van der Waals surface area contributed by atoms with Crippen LogP contribution in [0, 0.1) is 5.92 Å². The van der Waals surface area contributed by atoms with Gasteiger partial charge in [0.25, 0.3) is 0 Å². The molecule has 36 heavy (non-hydrogen) atoms. The molecule has 3 saturated heterocycles. The first kappa shape index (κ1) is 28.5. The van der Waals surface area contributed by atoms with Crippen LogP contribution in [0.1, 0.15) is 60.8 Å². The minimum absolute atomic E-state index is 0.0106. The fourth-order valence-electron chi connectivity index (χ4n) is 4.95. The predicted octanol–water partition coefficient (Wildman–Crippen LogP) is 2.31. The van der Waals surface area contributed by atoms with E-state index in [1.165, 1.54) is 13.0 Å². The number of esters is 1. The van der Waals surface area contributed by atoms with E-state index in [0.29, 0.717) is 13.0 Å². The molecule has 1 amide bonds. The van der Waals surface area contributed by atoms with E-state index in [4.69, 9.17) is 18.9 Å². The smallest absolute Gasteiger partial charge is 0.303 e. The van der Waals surface area contributed by atoms with Crippen LogP contribution in [0.5, 0.6) is 0 Å². The monoisotopic (exact) mass is 507 g/mol. The first-order chi connectivity index (χ1) is 16.8. The van der Waals surface area contributed by atoms with E-state index in [-0.39, 0.29) is 36.5 Å². The first-order valence-corrected chi connectivity index (χ1v) is 12.7. The van der Waals surface area contributed by atoms with E-state index in [9.17, 15) is 19.8 Å². The summed E-state index contributed by atoms with van der Waals surface area (Å²) in [6.45, 7) is 11.1. The Morgan fingerprint density at radius 3 is 2.58 bits per heavy atom. The fourth-order valence-corrected chi connectivity index (χ4v) is 4.95. The van der Waals surface area contributed by atoms with Crippen molar-refractivity contribution in [3.8, 4) is 0 Å². The van der Waals surface area contributed by atoms with E-state index in [1.54, 1.807) is 26.0 Å². The Hall–Kier alpha value is -2.04. The van der Waals surface area contributed by atoms with E-state index < -0.39 is 35.7 Å². The van der Waals surface area contributed by atoms with Crippen molar-refractivity contribution in [1.82, 2.24) is 5.32 Å². The lowest BCUT2D eigenvalue weighted by molar-refractivity contribution is -0.272. The number of ether oxygens (including phenoxy) is 4. The molecule has 3 rings (SSSR count). The van der Waals surface area contributed by atoms with E-state index in [2.05, 4.69) is 18.3 Å². The third kappa shape index (κ3) is 7.73. The summed E-state index contributed by atoms with van der Waals surface area (Å²) >= 11 is 0. The third-order valence-electron chi connectivity index (χ3n) is 7.02. The van der Waals surface area contributed by atoms with E-state index in [0.717, 1.165) is 12.0 Å². The Bertz CT molecular complexity index is 890. The number of nitrogens with one attached hydrogen (secondary N) is 1. The largest absolute Gasteiger partial charge is 0.459 e. The molecule has 0 aliphatic carbocycles. The summed E-state index contributed by atoms with van der Waals surface area (Å²) in [4.78, 5) is 23.3. The molecular formula is C27H41NO8. The molecule has 0 aromatic heterocycles. The zero-order valence-electron chi connectivity index (χ0n) is 22.1. The summed E-state index contributed by atoms with van der Waals surface area (Å²) in [5.41, 5.74) is 0.283. The van der Waals surface area contributed by atoms with Crippen LogP contribution in [0.3, 0.4) is 0 Å². The summed E-state index contributed by atoms with van der Waals surface area (Å²) < 4.78 is 22.3. The van der Waals surface area contributed by atoms with Gasteiger partial charge in [-0.05, 0) is 52.5 Å². The molecule has 0 saturated carbocycles. The molecule has 6 unspecified atom stereocenters. The van der Waals surface area contributed by atoms with Gasteiger partial charge in [-0.1, -0.05) is 30.7 Å². The van der Waals surface area contributed by atoms with Crippen LogP contribution < -0.4 is 5.32 Å². The van der Waals surface area contributed by atoms with Crippen LogP contribution in [0.15, 0.2) is 36.0 Å². The maximum atomic E-state index is 12.3. The molecule has 0 bridgehead atoms. The minimum atomic E-state index is -1.34. The van der Waals surface area contributed by atoms with Crippen molar-refractivity contribution < 1.29 is 38.7 Å². The number of allylic oxidation sites excluding steroid dienone is 2. The van der Waals surface area contributed by atoms with Gasteiger partial charge in [0.2, 0.25) is 5.91 Å². The lowest BCUT2D eigenvalue weighted by atomic mass is 9.87. The maximum absolute atomic E-state index is 12.3. The summed E-state index contributed by atoms with van der Waals surface area (Å²) in [5, 5.41) is 23.9. The Morgan fingerprint density at radius 2 is 1.94 bits per heavy atom. The van der Waals surface area contributed by atoms with Crippen molar-refractivity contribution in [1.29, 1.82) is 0 Å². The van der Waals surface area contributed by atoms with Crippen molar-refractivity contribution in [2.45, 2.75) is 109 Å².